The number of benzene rings is 1. The van der Waals surface area contributed by atoms with Crippen molar-refractivity contribution in [2.75, 3.05) is 0 Å². The molecule has 0 bridgehead atoms. The molecule has 1 aromatic carbocycles. The number of alkyl carbamates (subject to hydrolysis) is 1. The predicted octanol–water partition coefficient (Wildman–Crippen LogP) is -1.19. The van der Waals surface area contributed by atoms with E-state index in [0.717, 1.165) is 5.56 Å². The first-order chi connectivity index (χ1) is 10.9. The number of aliphatic carboxylic acids is 1. The summed E-state index contributed by atoms with van der Waals surface area (Å²) in [5, 5.41) is 40.1. The van der Waals surface area contributed by atoms with Crippen molar-refractivity contribution < 1.29 is 39.5 Å². The molecule has 1 amide bonds. The van der Waals surface area contributed by atoms with Crippen LogP contribution in [0.3, 0.4) is 0 Å². The van der Waals surface area contributed by atoms with Crippen molar-refractivity contribution in [1.29, 1.82) is 0 Å². The highest BCUT2D eigenvalue weighted by Gasteiger charge is 2.47. The van der Waals surface area contributed by atoms with Gasteiger partial charge < -0.3 is 35.2 Å². The molecular weight excluding hydrogens is 310 g/mol. The zero-order valence-electron chi connectivity index (χ0n) is 11.9. The minimum absolute atomic E-state index is 0.0350. The number of carboxylic acids is 1. The van der Waals surface area contributed by atoms with Gasteiger partial charge in [-0.1, -0.05) is 30.3 Å². The topological polar surface area (TPSA) is 146 Å². The summed E-state index contributed by atoms with van der Waals surface area (Å²) < 4.78 is 9.59. The van der Waals surface area contributed by atoms with Crippen molar-refractivity contribution in [3.63, 3.8) is 0 Å². The molecule has 0 spiro atoms. The highest BCUT2D eigenvalue weighted by Crippen LogP contribution is 2.20. The second-order valence-corrected chi connectivity index (χ2v) is 5.00. The lowest BCUT2D eigenvalue weighted by atomic mass is 9.97. The normalized spacial score (nSPS) is 30.5. The Morgan fingerprint density at radius 3 is 2.39 bits per heavy atom. The van der Waals surface area contributed by atoms with Crippen LogP contribution in [0.1, 0.15) is 5.56 Å². The fourth-order valence-corrected chi connectivity index (χ4v) is 2.14. The zero-order chi connectivity index (χ0) is 17.0. The molecule has 1 heterocycles. The summed E-state index contributed by atoms with van der Waals surface area (Å²) in [6.07, 6.45) is -8.10. The van der Waals surface area contributed by atoms with E-state index < -0.39 is 42.7 Å². The quantitative estimate of drug-likeness (QED) is 0.464. The molecule has 5 atom stereocenters. The average molecular weight is 327 g/mol. The molecule has 1 aliphatic rings. The predicted molar refractivity (Wildman–Crippen MR) is 74.1 cm³/mol. The van der Waals surface area contributed by atoms with Crippen LogP contribution in [-0.4, -0.2) is 63.1 Å². The molecule has 1 aliphatic heterocycles. The Labute approximate surface area is 131 Å². The van der Waals surface area contributed by atoms with Crippen molar-refractivity contribution in [2.24, 2.45) is 0 Å². The summed E-state index contributed by atoms with van der Waals surface area (Å²) in [7, 11) is 0. The first-order valence-electron chi connectivity index (χ1n) is 6.80. The molecule has 0 aromatic heterocycles. The number of carboxylic acid groups (broad SMARTS) is 1. The molecule has 23 heavy (non-hydrogen) atoms. The standard InChI is InChI=1S/C14H17NO8/c16-9-8(13(20)23-11(10(9)17)12(18)19)15-14(21)22-6-7-4-2-1-3-5-7/h1-5,8-11,13,16-17,20H,6H2,(H,15,21)(H,18,19)/t8-,9-,10+,11+,13?/m1/s1. The maximum atomic E-state index is 11.7. The Balaban J connectivity index is 1.91. The molecule has 5 N–H and O–H groups in total. The molecule has 1 aromatic rings. The lowest BCUT2D eigenvalue weighted by molar-refractivity contribution is -0.248. The Bertz CT molecular complexity index is 551. The van der Waals surface area contributed by atoms with Gasteiger partial charge in [-0.3, -0.25) is 0 Å². The van der Waals surface area contributed by atoms with E-state index in [2.05, 4.69) is 10.1 Å². The van der Waals surface area contributed by atoms with E-state index in [4.69, 9.17) is 9.84 Å². The fourth-order valence-electron chi connectivity index (χ4n) is 2.14. The minimum Gasteiger partial charge on any atom is -0.479 e. The van der Waals surface area contributed by atoms with Gasteiger partial charge in [-0.2, -0.15) is 0 Å². The highest BCUT2D eigenvalue weighted by atomic mass is 16.6. The molecule has 1 unspecified atom stereocenters. The van der Waals surface area contributed by atoms with Crippen LogP contribution in [0.25, 0.3) is 0 Å². The van der Waals surface area contributed by atoms with E-state index in [1.165, 1.54) is 0 Å². The molecule has 1 fully saturated rings. The van der Waals surface area contributed by atoms with Crippen molar-refractivity contribution in [3.05, 3.63) is 35.9 Å². The van der Waals surface area contributed by atoms with Crippen LogP contribution in [-0.2, 0) is 20.9 Å². The number of hydrogen-bond acceptors (Lipinski definition) is 7. The number of amides is 1. The Morgan fingerprint density at radius 1 is 1.13 bits per heavy atom. The molecule has 0 aliphatic carbocycles. The number of carbonyl (C=O) groups is 2. The number of rotatable bonds is 4. The van der Waals surface area contributed by atoms with Gasteiger partial charge in [-0.05, 0) is 5.56 Å². The monoisotopic (exact) mass is 327 g/mol. The van der Waals surface area contributed by atoms with E-state index in [1.54, 1.807) is 30.3 Å². The van der Waals surface area contributed by atoms with Gasteiger partial charge in [0, 0.05) is 0 Å². The van der Waals surface area contributed by atoms with Crippen LogP contribution >= 0.6 is 0 Å². The Hall–Kier alpha value is -2.20. The number of carbonyl (C=O) groups excluding carboxylic acids is 1. The number of aliphatic hydroxyl groups excluding tert-OH is 3. The van der Waals surface area contributed by atoms with Crippen LogP contribution in [0.2, 0.25) is 0 Å². The van der Waals surface area contributed by atoms with Crippen LogP contribution in [0, 0.1) is 0 Å². The van der Waals surface area contributed by atoms with Crippen LogP contribution in [0.15, 0.2) is 30.3 Å². The lowest BCUT2D eigenvalue weighted by Crippen LogP contribution is -2.65. The third kappa shape index (κ3) is 4.17. The SMILES string of the molecule is O=C(N[C@H]1C(O)O[C@H](C(=O)O)[C@@H](O)[C@@H]1O)OCc1ccccc1. The van der Waals surface area contributed by atoms with Crippen LogP contribution < -0.4 is 5.32 Å². The molecule has 9 nitrogen and oxygen atoms in total. The Kier molecular flexibility index (Phi) is 5.50. The molecule has 1 saturated heterocycles. The molecule has 9 heteroatoms. The first-order valence-corrected chi connectivity index (χ1v) is 6.80. The van der Waals surface area contributed by atoms with E-state index in [9.17, 15) is 24.9 Å². The fraction of sp³-hybridized carbons (Fsp3) is 0.429. The first kappa shape index (κ1) is 17.2. The summed E-state index contributed by atoms with van der Waals surface area (Å²) >= 11 is 0. The van der Waals surface area contributed by atoms with Gasteiger partial charge in [0.1, 0.15) is 24.9 Å². The summed E-state index contributed by atoms with van der Waals surface area (Å²) in [6.45, 7) is -0.0350. The van der Waals surface area contributed by atoms with Crippen molar-refractivity contribution in [1.82, 2.24) is 5.32 Å². The maximum Gasteiger partial charge on any atom is 0.407 e. The van der Waals surface area contributed by atoms with Gasteiger partial charge >= 0.3 is 12.1 Å². The summed E-state index contributed by atoms with van der Waals surface area (Å²) in [5.41, 5.74) is 0.731. The molecule has 126 valence electrons. The minimum atomic E-state index is -1.81. The summed E-state index contributed by atoms with van der Waals surface area (Å²) in [5.74, 6) is -1.54. The van der Waals surface area contributed by atoms with Crippen LogP contribution in [0.5, 0.6) is 0 Å². The number of hydrogen-bond donors (Lipinski definition) is 5. The highest BCUT2D eigenvalue weighted by molar-refractivity contribution is 5.73. The van der Waals surface area contributed by atoms with Gasteiger partial charge in [-0.25, -0.2) is 9.59 Å². The smallest absolute Gasteiger partial charge is 0.407 e. The van der Waals surface area contributed by atoms with E-state index in [-0.39, 0.29) is 6.61 Å². The van der Waals surface area contributed by atoms with Gasteiger partial charge in [0.2, 0.25) is 0 Å². The van der Waals surface area contributed by atoms with Crippen LogP contribution in [0.4, 0.5) is 4.79 Å². The number of ether oxygens (including phenoxy) is 2. The van der Waals surface area contributed by atoms with Crippen molar-refractivity contribution >= 4 is 12.1 Å². The van der Waals surface area contributed by atoms with Crippen molar-refractivity contribution in [3.8, 4) is 0 Å². The number of nitrogens with one attached hydrogen (secondary N) is 1. The zero-order valence-corrected chi connectivity index (χ0v) is 11.9. The molecule has 0 radical (unpaired) electrons. The third-order valence-corrected chi connectivity index (χ3v) is 3.36. The number of aliphatic hydroxyl groups is 3. The lowest BCUT2D eigenvalue weighted by Gasteiger charge is -2.38. The molecule has 0 saturated carbocycles. The Morgan fingerprint density at radius 2 is 1.78 bits per heavy atom. The average Bonchev–Trinajstić information content (AvgIpc) is 2.53. The van der Waals surface area contributed by atoms with E-state index >= 15 is 0 Å². The van der Waals surface area contributed by atoms with Gasteiger partial charge in [-0.15, -0.1) is 0 Å². The second kappa shape index (κ2) is 7.38. The van der Waals surface area contributed by atoms with E-state index in [1.807, 2.05) is 0 Å². The summed E-state index contributed by atoms with van der Waals surface area (Å²) in [4.78, 5) is 22.5. The van der Waals surface area contributed by atoms with E-state index in [0.29, 0.717) is 0 Å². The van der Waals surface area contributed by atoms with Gasteiger partial charge in [0.05, 0.1) is 0 Å². The second-order valence-electron chi connectivity index (χ2n) is 5.00. The molecule has 2 rings (SSSR count). The van der Waals surface area contributed by atoms with Gasteiger partial charge in [0.15, 0.2) is 12.4 Å². The molecular formula is C14H17NO8. The third-order valence-electron chi connectivity index (χ3n) is 3.36. The maximum absolute atomic E-state index is 11.7. The largest absolute Gasteiger partial charge is 0.479 e. The summed E-state index contributed by atoms with van der Waals surface area (Å²) in [6, 6.07) is 7.38. The van der Waals surface area contributed by atoms with Gasteiger partial charge in [0.25, 0.3) is 0 Å². The van der Waals surface area contributed by atoms with Crippen molar-refractivity contribution in [2.45, 2.75) is 37.3 Å².